The van der Waals surface area contributed by atoms with Crippen LogP contribution in [0.1, 0.15) is 13.3 Å². The van der Waals surface area contributed by atoms with Crippen LogP contribution in [0.25, 0.3) is 0 Å². The molecule has 0 bridgehead atoms. The lowest BCUT2D eigenvalue weighted by atomic mass is 10.6. The molecule has 0 rings (SSSR count). The van der Waals surface area contributed by atoms with Gasteiger partial charge in [0.15, 0.2) is 22.2 Å². The average molecular weight is 232 g/mol. The van der Waals surface area contributed by atoms with Gasteiger partial charge in [0.1, 0.15) is 0 Å². The van der Waals surface area contributed by atoms with Crippen LogP contribution in [-0.4, -0.2) is 31.8 Å². The van der Waals surface area contributed by atoms with Gasteiger partial charge in [-0.15, -0.1) is 4.33 Å². The van der Waals surface area contributed by atoms with E-state index in [4.69, 9.17) is 5.26 Å². The van der Waals surface area contributed by atoms with Crippen LogP contribution in [0.5, 0.6) is 0 Å². The minimum atomic E-state index is -3.02. The van der Waals surface area contributed by atoms with E-state index in [0.29, 0.717) is 18.7 Å². The van der Waals surface area contributed by atoms with Crippen LogP contribution >= 0.6 is 12.3 Å². The predicted molar refractivity (Wildman–Crippen MR) is 47.3 cm³/mol. The van der Waals surface area contributed by atoms with E-state index in [0.717, 1.165) is 0 Å². The molecule has 0 saturated heterocycles. The quantitative estimate of drug-likeness (QED) is 0.287. The van der Waals surface area contributed by atoms with Crippen LogP contribution in [0, 0.1) is 0 Å². The summed E-state index contributed by atoms with van der Waals surface area (Å²) in [5.41, 5.74) is 0. The van der Waals surface area contributed by atoms with Crippen LogP contribution < -0.4 is 0 Å². The SMILES string of the molecule is CCCS(=O)(=O)CCOSOOO. The second kappa shape index (κ2) is 7.54. The van der Waals surface area contributed by atoms with Crippen LogP contribution in [0.15, 0.2) is 0 Å². The molecule has 0 radical (unpaired) electrons. The van der Waals surface area contributed by atoms with Gasteiger partial charge in [-0.25, -0.2) is 13.7 Å². The fraction of sp³-hybridized carbons (Fsp3) is 1.00. The molecule has 0 fully saturated rings. The van der Waals surface area contributed by atoms with Crippen LogP contribution in [0.2, 0.25) is 0 Å². The van der Waals surface area contributed by atoms with Gasteiger partial charge in [0.05, 0.1) is 12.4 Å². The zero-order chi connectivity index (χ0) is 10.2. The average Bonchev–Trinajstić information content (AvgIpc) is 2.04. The molecule has 0 atom stereocenters. The Morgan fingerprint density at radius 3 is 2.62 bits per heavy atom. The van der Waals surface area contributed by atoms with Crippen molar-refractivity contribution in [1.29, 1.82) is 0 Å². The Morgan fingerprint density at radius 2 is 2.08 bits per heavy atom. The van der Waals surface area contributed by atoms with E-state index in [2.05, 4.69) is 13.6 Å². The van der Waals surface area contributed by atoms with Crippen molar-refractivity contribution in [2.24, 2.45) is 0 Å². The summed E-state index contributed by atoms with van der Waals surface area (Å²) in [5, 5.41) is 10.9. The molecule has 0 aliphatic carbocycles. The summed E-state index contributed by atoms with van der Waals surface area (Å²) in [5.74, 6) is 0.0843. The van der Waals surface area contributed by atoms with Gasteiger partial charge < -0.3 is 0 Å². The second-order valence-corrected chi connectivity index (χ2v) is 5.00. The summed E-state index contributed by atoms with van der Waals surface area (Å²) in [6.45, 7) is 1.78. The van der Waals surface area contributed by atoms with E-state index < -0.39 is 9.84 Å². The Morgan fingerprint density at radius 1 is 1.38 bits per heavy atom. The minimum Gasteiger partial charge on any atom is -0.288 e. The molecule has 0 aromatic heterocycles. The van der Waals surface area contributed by atoms with Crippen LogP contribution in [0.4, 0.5) is 0 Å². The summed E-state index contributed by atoms with van der Waals surface area (Å²) >= 11 is 0.375. The number of hydrogen-bond acceptors (Lipinski definition) is 7. The van der Waals surface area contributed by atoms with Crippen molar-refractivity contribution in [3.63, 3.8) is 0 Å². The fourth-order valence-electron chi connectivity index (χ4n) is 0.640. The number of rotatable bonds is 8. The van der Waals surface area contributed by atoms with Crippen molar-refractivity contribution in [3.8, 4) is 0 Å². The minimum absolute atomic E-state index is 0.00361. The zero-order valence-corrected chi connectivity index (χ0v) is 8.77. The highest BCUT2D eigenvalue weighted by atomic mass is 32.2. The molecular formula is C5H12O6S2. The molecule has 0 aliphatic rings. The molecule has 0 spiro atoms. The largest absolute Gasteiger partial charge is 0.288 e. The molecular weight excluding hydrogens is 220 g/mol. The smallest absolute Gasteiger partial charge is 0.197 e. The third kappa shape index (κ3) is 8.47. The zero-order valence-electron chi connectivity index (χ0n) is 7.13. The Hall–Kier alpha value is 0.140. The Kier molecular flexibility index (Phi) is 7.62. The number of sulfone groups is 1. The van der Waals surface area contributed by atoms with Crippen LogP contribution in [0.3, 0.4) is 0 Å². The second-order valence-electron chi connectivity index (χ2n) is 2.18. The van der Waals surface area contributed by atoms with Gasteiger partial charge in [-0.1, -0.05) is 12.0 Å². The van der Waals surface area contributed by atoms with Gasteiger partial charge >= 0.3 is 0 Å². The third-order valence-electron chi connectivity index (χ3n) is 1.10. The molecule has 80 valence electrons. The normalized spacial score (nSPS) is 11.8. The molecule has 0 unspecified atom stereocenters. The van der Waals surface area contributed by atoms with E-state index in [1.54, 1.807) is 6.92 Å². The predicted octanol–water partition coefficient (Wildman–Crippen LogP) is 0.812. The molecule has 0 saturated carbocycles. The first-order valence-electron chi connectivity index (χ1n) is 3.59. The lowest BCUT2D eigenvalue weighted by Crippen LogP contribution is -2.13. The topological polar surface area (TPSA) is 82.1 Å². The monoisotopic (exact) mass is 232 g/mol. The molecule has 0 aromatic rings. The molecule has 8 heteroatoms. The molecule has 0 amide bonds. The van der Waals surface area contributed by atoms with Crippen molar-refractivity contribution in [2.45, 2.75) is 13.3 Å². The molecule has 6 nitrogen and oxygen atoms in total. The summed E-state index contributed by atoms with van der Waals surface area (Å²) in [6.07, 6.45) is 0.589. The van der Waals surface area contributed by atoms with E-state index in [9.17, 15) is 8.42 Å². The Labute approximate surface area is 81.4 Å². The van der Waals surface area contributed by atoms with Gasteiger partial charge in [-0.2, -0.15) is 0 Å². The van der Waals surface area contributed by atoms with Gasteiger partial charge in [-0.05, 0) is 6.42 Å². The van der Waals surface area contributed by atoms with E-state index >= 15 is 0 Å². The highest BCUT2D eigenvalue weighted by molar-refractivity contribution is 7.91. The maximum Gasteiger partial charge on any atom is 0.197 e. The van der Waals surface area contributed by atoms with Crippen molar-refractivity contribution in [1.82, 2.24) is 0 Å². The highest BCUT2D eigenvalue weighted by Gasteiger charge is 2.08. The van der Waals surface area contributed by atoms with Crippen molar-refractivity contribution in [3.05, 3.63) is 0 Å². The van der Waals surface area contributed by atoms with E-state index in [1.807, 2.05) is 0 Å². The summed E-state index contributed by atoms with van der Waals surface area (Å²) in [6, 6.07) is 0. The lowest BCUT2D eigenvalue weighted by molar-refractivity contribution is -0.434. The van der Waals surface area contributed by atoms with Gasteiger partial charge in [0.25, 0.3) is 0 Å². The Balaban J connectivity index is 3.41. The molecule has 0 aromatic carbocycles. The third-order valence-corrected chi connectivity index (χ3v) is 3.30. The standard InChI is InChI=1S/C5H12O6S2/c1-2-4-13(7,8)5-3-9-12-11-10-6/h6H,2-5H2,1H3. The van der Waals surface area contributed by atoms with Gasteiger partial charge in [-0.3, -0.25) is 4.18 Å². The summed E-state index contributed by atoms with van der Waals surface area (Å²) in [7, 11) is -3.02. The number of hydrogen-bond donors (Lipinski definition) is 1. The summed E-state index contributed by atoms with van der Waals surface area (Å²) < 4.78 is 30.6. The van der Waals surface area contributed by atoms with Crippen molar-refractivity contribution >= 4 is 22.2 Å². The lowest BCUT2D eigenvalue weighted by Gasteiger charge is -2.01. The first-order valence-corrected chi connectivity index (χ1v) is 6.08. The molecule has 1 N–H and O–H groups in total. The van der Waals surface area contributed by atoms with Crippen LogP contribution in [-0.2, 0) is 23.4 Å². The van der Waals surface area contributed by atoms with E-state index in [1.165, 1.54) is 0 Å². The highest BCUT2D eigenvalue weighted by Crippen LogP contribution is 2.04. The molecule has 0 aliphatic heterocycles. The van der Waals surface area contributed by atoms with Crippen molar-refractivity contribution < 1.29 is 27.2 Å². The first-order chi connectivity index (χ1) is 6.12. The first kappa shape index (κ1) is 13.1. The maximum atomic E-state index is 11.1. The van der Waals surface area contributed by atoms with Gasteiger partial charge in [0, 0.05) is 5.75 Å². The molecule has 13 heavy (non-hydrogen) atoms. The molecule has 0 heterocycles. The van der Waals surface area contributed by atoms with Crippen molar-refractivity contribution in [2.75, 3.05) is 18.1 Å². The summed E-state index contributed by atoms with van der Waals surface area (Å²) in [4.78, 5) is 0. The Bertz CT molecular complexity index is 201. The van der Waals surface area contributed by atoms with E-state index in [-0.39, 0.29) is 18.1 Å². The van der Waals surface area contributed by atoms with Gasteiger partial charge in [0.2, 0.25) is 0 Å². The fourth-order valence-corrected chi connectivity index (χ4v) is 2.12. The maximum absolute atomic E-state index is 11.1.